The van der Waals surface area contributed by atoms with Crippen molar-refractivity contribution in [2.24, 2.45) is 0 Å². The van der Waals surface area contributed by atoms with Crippen molar-refractivity contribution in [3.63, 3.8) is 0 Å². The Morgan fingerprint density at radius 3 is 2.90 bits per heavy atom. The molecule has 3 rings (SSSR count). The largest absolute Gasteiger partial charge is 0.492 e. The molecule has 1 aliphatic heterocycles. The molecular formula is C18H22N2O. The molecule has 0 spiro atoms. The van der Waals surface area contributed by atoms with Gasteiger partial charge in [0.2, 0.25) is 0 Å². The Labute approximate surface area is 126 Å². The lowest BCUT2D eigenvalue weighted by atomic mass is 10.00. The first-order valence-corrected chi connectivity index (χ1v) is 7.56. The summed E-state index contributed by atoms with van der Waals surface area (Å²) in [5.41, 5.74) is 10.8. The van der Waals surface area contributed by atoms with Crippen molar-refractivity contribution in [3.05, 3.63) is 53.6 Å². The molecule has 0 aliphatic carbocycles. The van der Waals surface area contributed by atoms with Crippen LogP contribution in [0, 0.1) is 6.92 Å². The fourth-order valence-corrected chi connectivity index (χ4v) is 2.94. The van der Waals surface area contributed by atoms with E-state index >= 15 is 0 Å². The molecule has 110 valence electrons. The second kappa shape index (κ2) is 6.08. The number of aryl methyl sites for hydroxylation is 1. The third kappa shape index (κ3) is 3.13. The average molecular weight is 282 g/mol. The maximum Gasteiger partial charge on any atom is 0.119 e. The highest BCUT2D eigenvalue weighted by atomic mass is 16.5. The standard InChI is InChI=1S/C18H22N2O/c1-14-5-2-6-15(13-14)21-12-11-20-10-4-7-16-17(19)8-3-9-18(16)20/h2-3,5-6,8-9,13H,4,7,10-12,19H2,1H3. The lowest BCUT2D eigenvalue weighted by Gasteiger charge is -2.31. The molecule has 3 heteroatoms. The van der Waals surface area contributed by atoms with Gasteiger partial charge in [0.25, 0.3) is 0 Å². The molecule has 0 fully saturated rings. The van der Waals surface area contributed by atoms with E-state index in [1.54, 1.807) is 0 Å². The van der Waals surface area contributed by atoms with Crippen LogP contribution in [0.2, 0.25) is 0 Å². The van der Waals surface area contributed by atoms with E-state index in [-0.39, 0.29) is 0 Å². The molecule has 2 N–H and O–H groups in total. The van der Waals surface area contributed by atoms with Crippen LogP contribution in [-0.4, -0.2) is 19.7 Å². The van der Waals surface area contributed by atoms with Gasteiger partial charge < -0.3 is 15.4 Å². The Bertz CT molecular complexity index is 624. The Kier molecular flexibility index (Phi) is 4.00. The molecule has 3 nitrogen and oxygen atoms in total. The number of rotatable bonds is 4. The van der Waals surface area contributed by atoms with Gasteiger partial charge in [-0.05, 0) is 55.2 Å². The Hall–Kier alpha value is -2.16. The number of fused-ring (bicyclic) bond motifs is 1. The molecule has 0 radical (unpaired) electrons. The summed E-state index contributed by atoms with van der Waals surface area (Å²) in [5, 5.41) is 0. The van der Waals surface area contributed by atoms with E-state index in [4.69, 9.17) is 10.5 Å². The summed E-state index contributed by atoms with van der Waals surface area (Å²) in [7, 11) is 0. The summed E-state index contributed by atoms with van der Waals surface area (Å²) in [4.78, 5) is 2.38. The lowest BCUT2D eigenvalue weighted by Crippen LogP contribution is -2.33. The van der Waals surface area contributed by atoms with Crippen LogP contribution in [0.5, 0.6) is 5.75 Å². The van der Waals surface area contributed by atoms with E-state index in [0.29, 0.717) is 6.61 Å². The molecule has 0 bridgehead atoms. The van der Waals surface area contributed by atoms with Crippen molar-refractivity contribution >= 4 is 11.4 Å². The van der Waals surface area contributed by atoms with Crippen LogP contribution in [0.15, 0.2) is 42.5 Å². The van der Waals surface area contributed by atoms with Gasteiger partial charge in [-0.2, -0.15) is 0 Å². The zero-order chi connectivity index (χ0) is 14.7. The molecular weight excluding hydrogens is 260 g/mol. The minimum Gasteiger partial charge on any atom is -0.492 e. The van der Waals surface area contributed by atoms with Crippen molar-refractivity contribution in [2.45, 2.75) is 19.8 Å². The number of ether oxygens (including phenoxy) is 1. The summed E-state index contributed by atoms with van der Waals surface area (Å²) >= 11 is 0. The van der Waals surface area contributed by atoms with Gasteiger partial charge in [-0.3, -0.25) is 0 Å². The number of nitrogen functional groups attached to an aromatic ring is 1. The van der Waals surface area contributed by atoms with Crippen molar-refractivity contribution in [3.8, 4) is 5.75 Å². The maximum atomic E-state index is 6.08. The van der Waals surface area contributed by atoms with Crippen molar-refractivity contribution in [1.29, 1.82) is 0 Å². The zero-order valence-corrected chi connectivity index (χ0v) is 12.5. The SMILES string of the molecule is Cc1cccc(OCCN2CCCc3c(N)cccc32)c1. The number of hydrogen-bond donors (Lipinski definition) is 1. The topological polar surface area (TPSA) is 38.5 Å². The molecule has 2 aromatic rings. The molecule has 0 atom stereocenters. The molecule has 21 heavy (non-hydrogen) atoms. The Morgan fingerprint density at radius 2 is 2.05 bits per heavy atom. The van der Waals surface area contributed by atoms with Crippen LogP contribution in [0.1, 0.15) is 17.5 Å². The van der Waals surface area contributed by atoms with Gasteiger partial charge in [0.15, 0.2) is 0 Å². The van der Waals surface area contributed by atoms with Gasteiger partial charge in [-0.1, -0.05) is 18.2 Å². The van der Waals surface area contributed by atoms with Gasteiger partial charge in [-0.25, -0.2) is 0 Å². The highest BCUT2D eigenvalue weighted by molar-refractivity contribution is 5.66. The van der Waals surface area contributed by atoms with Gasteiger partial charge >= 0.3 is 0 Å². The van der Waals surface area contributed by atoms with Crippen molar-refractivity contribution in [2.75, 3.05) is 30.3 Å². The first kappa shape index (κ1) is 13.8. The van der Waals surface area contributed by atoms with Gasteiger partial charge in [-0.15, -0.1) is 0 Å². The fourth-order valence-electron chi connectivity index (χ4n) is 2.94. The van der Waals surface area contributed by atoms with Crippen LogP contribution in [0.25, 0.3) is 0 Å². The maximum absolute atomic E-state index is 6.08. The quantitative estimate of drug-likeness (QED) is 0.873. The van der Waals surface area contributed by atoms with Gasteiger partial charge in [0.05, 0.1) is 6.54 Å². The number of nitrogens with two attached hydrogens (primary N) is 1. The summed E-state index contributed by atoms with van der Waals surface area (Å²) in [6.07, 6.45) is 2.24. The van der Waals surface area contributed by atoms with Crippen LogP contribution in [0.3, 0.4) is 0 Å². The Morgan fingerprint density at radius 1 is 1.19 bits per heavy atom. The number of benzene rings is 2. The molecule has 0 aromatic heterocycles. The molecule has 0 saturated carbocycles. The van der Waals surface area contributed by atoms with Gasteiger partial charge in [0.1, 0.15) is 12.4 Å². The summed E-state index contributed by atoms with van der Waals surface area (Å²) in [6, 6.07) is 14.4. The molecule has 0 amide bonds. The highest BCUT2D eigenvalue weighted by Gasteiger charge is 2.18. The van der Waals surface area contributed by atoms with E-state index in [9.17, 15) is 0 Å². The minimum absolute atomic E-state index is 0.692. The van der Waals surface area contributed by atoms with E-state index < -0.39 is 0 Å². The van der Waals surface area contributed by atoms with Crippen LogP contribution in [-0.2, 0) is 6.42 Å². The zero-order valence-electron chi connectivity index (χ0n) is 12.5. The molecule has 1 aliphatic rings. The second-order valence-corrected chi connectivity index (χ2v) is 5.60. The molecule has 0 saturated heterocycles. The lowest BCUT2D eigenvalue weighted by molar-refractivity contribution is 0.322. The van der Waals surface area contributed by atoms with Crippen LogP contribution >= 0.6 is 0 Å². The summed E-state index contributed by atoms with van der Waals surface area (Å²) < 4.78 is 5.86. The predicted octanol–water partition coefficient (Wildman–Crippen LogP) is 3.41. The van der Waals surface area contributed by atoms with E-state index in [2.05, 4.69) is 30.0 Å². The number of hydrogen-bond acceptors (Lipinski definition) is 3. The van der Waals surface area contributed by atoms with E-state index in [0.717, 1.165) is 37.4 Å². The first-order valence-electron chi connectivity index (χ1n) is 7.56. The number of anilines is 2. The third-order valence-electron chi connectivity index (χ3n) is 4.00. The normalized spacial score (nSPS) is 13.9. The molecule has 1 heterocycles. The van der Waals surface area contributed by atoms with Crippen molar-refractivity contribution < 1.29 is 4.74 Å². The highest BCUT2D eigenvalue weighted by Crippen LogP contribution is 2.30. The number of nitrogens with zero attached hydrogens (tertiary/aromatic N) is 1. The molecule has 2 aromatic carbocycles. The van der Waals surface area contributed by atoms with Crippen LogP contribution < -0.4 is 15.4 Å². The monoisotopic (exact) mass is 282 g/mol. The fraction of sp³-hybridized carbons (Fsp3) is 0.333. The summed E-state index contributed by atoms with van der Waals surface area (Å²) in [5.74, 6) is 0.944. The summed E-state index contributed by atoms with van der Waals surface area (Å²) in [6.45, 7) is 4.74. The minimum atomic E-state index is 0.692. The van der Waals surface area contributed by atoms with Crippen LogP contribution in [0.4, 0.5) is 11.4 Å². The average Bonchev–Trinajstić information content (AvgIpc) is 2.48. The van der Waals surface area contributed by atoms with E-state index in [1.807, 2.05) is 24.3 Å². The predicted molar refractivity (Wildman–Crippen MR) is 88.1 cm³/mol. The first-order chi connectivity index (χ1) is 10.2. The molecule has 0 unspecified atom stereocenters. The van der Waals surface area contributed by atoms with Crippen molar-refractivity contribution in [1.82, 2.24) is 0 Å². The second-order valence-electron chi connectivity index (χ2n) is 5.60. The third-order valence-corrected chi connectivity index (χ3v) is 4.00. The van der Waals surface area contributed by atoms with E-state index in [1.165, 1.54) is 16.8 Å². The van der Waals surface area contributed by atoms with Gasteiger partial charge in [0, 0.05) is 17.9 Å². The smallest absolute Gasteiger partial charge is 0.119 e. The Balaban J connectivity index is 1.63.